The first kappa shape index (κ1) is 16.0. The second kappa shape index (κ2) is 5.33. The number of amides is 3. The van der Waals surface area contributed by atoms with E-state index in [1.165, 1.54) is 11.9 Å². The monoisotopic (exact) mass is 320 g/mol. The number of urea groups is 1. The molecule has 3 amide bonds. The molecule has 0 aromatic carbocycles. The van der Waals surface area contributed by atoms with Crippen molar-refractivity contribution in [2.75, 3.05) is 20.1 Å². The van der Waals surface area contributed by atoms with Crippen LogP contribution >= 0.6 is 0 Å². The molecule has 1 aromatic heterocycles. The van der Waals surface area contributed by atoms with Crippen LogP contribution in [0.15, 0.2) is 10.6 Å². The summed E-state index contributed by atoms with van der Waals surface area (Å²) in [5.74, 6) is 0.763. The summed E-state index contributed by atoms with van der Waals surface area (Å²) in [7, 11) is 1.53. The van der Waals surface area contributed by atoms with Gasteiger partial charge in [0.15, 0.2) is 0 Å². The molecule has 0 radical (unpaired) electrons. The van der Waals surface area contributed by atoms with Crippen molar-refractivity contribution in [1.29, 1.82) is 0 Å². The van der Waals surface area contributed by atoms with Crippen LogP contribution in [-0.2, 0) is 16.8 Å². The molecule has 0 unspecified atom stereocenters. The first-order valence-corrected chi connectivity index (χ1v) is 8.00. The molecule has 0 saturated carbocycles. The lowest BCUT2D eigenvalue weighted by Gasteiger charge is -2.36. The van der Waals surface area contributed by atoms with Gasteiger partial charge >= 0.3 is 6.03 Å². The molecule has 2 fully saturated rings. The highest BCUT2D eigenvalue weighted by atomic mass is 16.5. The van der Waals surface area contributed by atoms with Crippen LogP contribution in [0.25, 0.3) is 0 Å². The third kappa shape index (κ3) is 2.85. The molecule has 0 atom stereocenters. The van der Waals surface area contributed by atoms with Gasteiger partial charge in [-0.25, -0.2) is 4.79 Å². The Morgan fingerprint density at radius 1 is 1.30 bits per heavy atom. The maximum atomic E-state index is 12.3. The molecule has 2 aliphatic heterocycles. The molecule has 3 heterocycles. The van der Waals surface area contributed by atoms with Crippen LogP contribution < -0.4 is 5.32 Å². The minimum absolute atomic E-state index is 0.0532. The highest BCUT2D eigenvalue weighted by Crippen LogP contribution is 2.30. The van der Waals surface area contributed by atoms with Gasteiger partial charge in [0.25, 0.3) is 5.91 Å². The van der Waals surface area contributed by atoms with Crippen LogP contribution in [-0.4, -0.2) is 52.6 Å². The Balaban J connectivity index is 1.61. The zero-order valence-electron chi connectivity index (χ0n) is 14.2. The van der Waals surface area contributed by atoms with Gasteiger partial charge in [0.2, 0.25) is 0 Å². The van der Waals surface area contributed by atoms with Gasteiger partial charge in [-0.1, -0.05) is 25.9 Å². The largest absolute Gasteiger partial charge is 0.361 e. The van der Waals surface area contributed by atoms with E-state index in [1.54, 1.807) is 0 Å². The third-order valence-electron chi connectivity index (χ3n) is 4.76. The summed E-state index contributed by atoms with van der Waals surface area (Å²) in [4.78, 5) is 27.4. The Hall–Kier alpha value is -1.89. The molecule has 23 heavy (non-hydrogen) atoms. The predicted octanol–water partition coefficient (Wildman–Crippen LogP) is 1.49. The maximum Gasteiger partial charge on any atom is 0.324 e. The lowest BCUT2D eigenvalue weighted by atomic mass is 9.87. The predicted molar refractivity (Wildman–Crippen MR) is 83.7 cm³/mol. The summed E-state index contributed by atoms with van der Waals surface area (Å²) in [5, 5.41) is 7.00. The zero-order chi connectivity index (χ0) is 16.8. The van der Waals surface area contributed by atoms with Gasteiger partial charge in [-0.3, -0.25) is 14.6 Å². The molecule has 1 N–H and O–H groups in total. The van der Waals surface area contributed by atoms with Crippen LogP contribution in [0.5, 0.6) is 0 Å². The number of aromatic nitrogens is 1. The van der Waals surface area contributed by atoms with E-state index in [9.17, 15) is 9.59 Å². The van der Waals surface area contributed by atoms with Crippen molar-refractivity contribution in [2.45, 2.75) is 51.1 Å². The summed E-state index contributed by atoms with van der Waals surface area (Å²) >= 11 is 0. The summed E-state index contributed by atoms with van der Waals surface area (Å²) in [6, 6.07) is 1.70. The van der Waals surface area contributed by atoms with Crippen molar-refractivity contribution in [3.05, 3.63) is 17.5 Å². The van der Waals surface area contributed by atoms with Gasteiger partial charge < -0.3 is 9.84 Å². The Labute approximate surface area is 136 Å². The molecular weight excluding hydrogens is 296 g/mol. The normalized spacial score (nSPS) is 22.0. The zero-order valence-corrected chi connectivity index (χ0v) is 14.2. The lowest BCUT2D eigenvalue weighted by Crippen LogP contribution is -2.54. The molecule has 7 heteroatoms. The fraction of sp³-hybridized carbons (Fsp3) is 0.688. The first-order chi connectivity index (χ1) is 10.7. The number of nitrogens with one attached hydrogen (secondary N) is 1. The van der Waals surface area contributed by atoms with Crippen molar-refractivity contribution in [2.24, 2.45) is 0 Å². The van der Waals surface area contributed by atoms with E-state index in [0.717, 1.165) is 24.5 Å². The van der Waals surface area contributed by atoms with Crippen molar-refractivity contribution in [1.82, 2.24) is 20.3 Å². The molecule has 126 valence electrons. The molecule has 7 nitrogen and oxygen atoms in total. The number of carbonyl (C=O) groups excluding carboxylic acids is 2. The highest BCUT2D eigenvalue weighted by Gasteiger charge is 2.50. The van der Waals surface area contributed by atoms with E-state index in [2.05, 4.69) is 36.1 Å². The number of hydrogen-bond acceptors (Lipinski definition) is 5. The highest BCUT2D eigenvalue weighted by molar-refractivity contribution is 6.06. The van der Waals surface area contributed by atoms with Crippen LogP contribution in [0.4, 0.5) is 4.79 Å². The van der Waals surface area contributed by atoms with Crippen molar-refractivity contribution >= 4 is 11.9 Å². The van der Waals surface area contributed by atoms with Crippen LogP contribution in [0.2, 0.25) is 0 Å². The van der Waals surface area contributed by atoms with Crippen LogP contribution in [0, 0.1) is 0 Å². The van der Waals surface area contributed by atoms with E-state index in [1.807, 2.05) is 6.07 Å². The Bertz CT molecular complexity index is 624. The number of likely N-dealkylation sites (N-methyl/N-ethyl adjacent to an activating group) is 1. The number of likely N-dealkylation sites (tertiary alicyclic amines) is 1. The quantitative estimate of drug-likeness (QED) is 0.835. The second-order valence-electron chi connectivity index (χ2n) is 7.59. The number of piperidine rings is 1. The van der Waals surface area contributed by atoms with Crippen LogP contribution in [0.3, 0.4) is 0 Å². The van der Waals surface area contributed by atoms with Crippen molar-refractivity contribution < 1.29 is 14.1 Å². The molecule has 3 rings (SSSR count). The number of rotatable bonds is 2. The number of hydrogen-bond donors (Lipinski definition) is 1. The molecule has 0 bridgehead atoms. The maximum absolute atomic E-state index is 12.3. The van der Waals surface area contributed by atoms with E-state index >= 15 is 0 Å². The molecule has 2 aliphatic rings. The first-order valence-electron chi connectivity index (χ1n) is 8.00. The Morgan fingerprint density at radius 2 is 1.96 bits per heavy atom. The van der Waals surface area contributed by atoms with Crippen molar-refractivity contribution in [3.8, 4) is 0 Å². The second-order valence-corrected chi connectivity index (χ2v) is 7.59. The smallest absolute Gasteiger partial charge is 0.324 e. The minimum Gasteiger partial charge on any atom is -0.361 e. The number of imide groups is 1. The Morgan fingerprint density at radius 3 is 2.43 bits per heavy atom. The fourth-order valence-electron chi connectivity index (χ4n) is 3.16. The summed E-state index contributed by atoms with van der Waals surface area (Å²) in [6.45, 7) is 8.47. The van der Waals surface area contributed by atoms with Gasteiger partial charge in [-0.05, 0) is 12.8 Å². The Kier molecular flexibility index (Phi) is 3.71. The van der Waals surface area contributed by atoms with Crippen LogP contribution in [0.1, 0.15) is 45.1 Å². The van der Waals surface area contributed by atoms with E-state index in [0.29, 0.717) is 19.4 Å². The number of nitrogens with zero attached hydrogens (tertiary/aromatic N) is 3. The molecular formula is C16H24N4O3. The average molecular weight is 320 g/mol. The standard InChI is InChI=1S/C16H24N4O3/c1-15(2,3)12-9-11(18-23-12)10-20-7-5-16(6-8-20)13(21)19(4)14(22)17-16/h9H,5-8,10H2,1-4H3,(H,17,22). The van der Waals surface area contributed by atoms with Gasteiger partial charge in [-0.15, -0.1) is 0 Å². The third-order valence-corrected chi connectivity index (χ3v) is 4.76. The molecule has 1 spiro atoms. The van der Waals surface area contributed by atoms with E-state index in [-0.39, 0.29) is 17.4 Å². The lowest BCUT2D eigenvalue weighted by molar-refractivity contribution is -0.132. The minimum atomic E-state index is -0.706. The average Bonchev–Trinajstić information content (AvgIpc) is 3.03. The summed E-state index contributed by atoms with van der Waals surface area (Å²) in [5.41, 5.74) is 0.148. The molecule has 1 aromatic rings. The topological polar surface area (TPSA) is 78.7 Å². The summed E-state index contributed by atoms with van der Waals surface area (Å²) in [6.07, 6.45) is 1.26. The SMILES string of the molecule is CN1C(=O)NC2(CCN(Cc3cc(C(C)(C)C)on3)CC2)C1=O. The van der Waals surface area contributed by atoms with E-state index in [4.69, 9.17) is 4.52 Å². The van der Waals surface area contributed by atoms with Gasteiger partial charge in [-0.2, -0.15) is 0 Å². The molecule has 2 saturated heterocycles. The van der Waals surface area contributed by atoms with Gasteiger partial charge in [0.05, 0.1) is 5.69 Å². The van der Waals surface area contributed by atoms with Gasteiger partial charge in [0, 0.05) is 38.2 Å². The van der Waals surface area contributed by atoms with Crippen molar-refractivity contribution in [3.63, 3.8) is 0 Å². The van der Waals surface area contributed by atoms with Gasteiger partial charge in [0.1, 0.15) is 11.3 Å². The fourth-order valence-corrected chi connectivity index (χ4v) is 3.16. The molecule has 0 aliphatic carbocycles. The number of carbonyl (C=O) groups is 2. The summed E-state index contributed by atoms with van der Waals surface area (Å²) < 4.78 is 5.41. The van der Waals surface area contributed by atoms with E-state index < -0.39 is 5.54 Å².